The molecular weight excluding hydrogens is 260 g/mol. The smallest absolute Gasteiger partial charge is 0.225 e. The predicted molar refractivity (Wildman–Crippen MR) is 75.3 cm³/mol. The maximum absolute atomic E-state index is 12.0. The van der Waals surface area contributed by atoms with E-state index in [2.05, 4.69) is 20.2 Å². The highest BCUT2D eigenvalue weighted by Gasteiger charge is 2.32. The van der Waals surface area contributed by atoms with Gasteiger partial charge in [0.05, 0.1) is 5.92 Å². The van der Waals surface area contributed by atoms with Crippen molar-refractivity contribution in [1.82, 2.24) is 15.3 Å². The molecule has 1 aromatic rings. The summed E-state index contributed by atoms with van der Waals surface area (Å²) >= 11 is 1.54. The third-order valence-corrected chi connectivity index (χ3v) is 4.17. The molecule has 5 nitrogen and oxygen atoms in total. The van der Waals surface area contributed by atoms with Crippen LogP contribution in [0.3, 0.4) is 0 Å². The van der Waals surface area contributed by atoms with Crippen molar-refractivity contribution in [3.05, 3.63) is 12.3 Å². The Kier molecular flexibility index (Phi) is 3.59. The first-order valence-corrected chi connectivity index (χ1v) is 7.91. The van der Waals surface area contributed by atoms with Gasteiger partial charge in [-0.15, -0.1) is 0 Å². The van der Waals surface area contributed by atoms with Crippen LogP contribution in [0.4, 0.5) is 5.82 Å². The standard InChI is InChI=1S/C13H18N4OS/c1-19-13-14-6-4-11(16-13)17-7-5-9(8-17)12(18)15-10-2-3-10/h4,6,9-10H,2-3,5,7-8H2,1H3,(H,15,18). The van der Waals surface area contributed by atoms with Crippen molar-refractivity contribution < 1.29 is 4.79 Å². The van der Waals surface area contributed by atoms with Crippen LogP contribution in [0.15, 0.2) is 17.4 Å². The van der Waals surface area contributed by atoms with Crippen LogP contribution in [0.25, 0.3) is 0 Å². The summed E-state index contributed by atoms with van der Waals surface area (Å²) in [7, 11) is 0. The lowest BCUT2D eigenvalue weighted by molar-refractivity contribution is -0.124. The van der Waals surface area contributed by atoms with E-state index in [9.17, 15) is 4.79 Å². The number of anilines is 1. The summed E-state index contributed by atoms with van der Waals surface area (Å²) in [5.74, 6) is 1.25. The number of amides is 1. The largest absolute Gasteiger partial charge is 0.356 e. The highest BCUT2D eigenvalue weighted by Crippen LogP contribution is 2.25. The lowest BCUT2D eigenvalue weighted by Crippen LogP contribution is -2.34. The molecule has 0 bridgehead atoms. The monoisotopic (exact) mass is 278 g/mol. The van der Waals surface area contributed by atoms with Crippen LogP contribution in [0.2, 0.25) is 0 Å². The third-order valence-electron chi connectivity index (χ3n) is 3.61. The van der Waals surface area contributed by atoms with Gasteiger partial charge in [-0.3, -0.25) is 4.79 Å². The summed E-state index contributed by atoms with van der Waals surface area (Å²) in [5.41, 5.74) is 0. The van der Waals surface area contributed by atoms with Gasteiger partial charge in [0.1, 0.15) is 5.82 Å². The topological polar surface area (TPSA) is 58.1 Å². The molecule has 6 heteroatoms. The molecular formula is C13H18N4OS. The van der Waals surface area contributed by atoms with E-state index in [0.717, 1.165) is 43.3 Å². The second-order valence-corrected chi connectivity index (χ2v) is 5.89. The number of carbonyl (C=O) groups is 1. The van der Waals surface area contributed by atoms with Crippen molar-refractivity contribution in [2.45, 2.75) is 30.5 Å². The summed E-state index contributed by atoms with van der Waals surface area (Å²) in [4.78, 5) is 22.9. The van der Waals surface area contributed by atoms with Gasteiger partial charge in [-0.2, -0.15) is 0 Å². The molecule has 0 spiro atoms. The van der Waals surface area contributed by atoms with E-state index < -0.39 is 0 Å². The molecule has 2 heterocycles. The van der Waals surface area contributed by atoms with Crippen molar-refractivity contribution >= 4 is 23.5 Å². The highest BCUT2D eigenvalue weighted by molar-refractivity contribution is 7.98. The minimum Gasteiger partial charge on any atom is -0.356 e. The number of hydrogen-bond donors (Lipinski definition) is 1. The van der Waals surface area contributed by atoms with Crippen molar-refractivity contribution in [2.24, 2.45) is 5.92 Å². The minimum atomic E-state index is 0.105. The molecule has 0 radical (unpaired) electrons. The molecule has 3 rings (SSSR count). The Labute approximate surface area is 117 Å². The Balaban J connectivity index is 1.62. The summed E-state index contributed by atoms with van der Waals surface area (Å²) in [6.07, 6.45) is 6.95. The summed E-state index contributed by atoms with van der Waals surface area (Å²) in [6, 6.07) is 2.37. The number of aromatic nitrogens is 2. The van der Waals surface area contributed by atoms with E-state index in [1.807, 2.05) is 12.3 Å². The fraction of sp³-hybridized carbons (Fsp3) is 0.615. The lowest BCUT2D eigenvalue weighted by atomic mass is 10.1. The van der Waals surface area contributed by atoms with Gasteiger partial charge >= 0.3 is 0 Å². The van der Waals surface area contributed by atoms with Gasteiger partial charge in [-0.1, -0.05) is 11.8 Å². The number of nitrogens with zero attached hydrogens (tertiary/aromatic N) is 3. The van der Waals surface area contributed by atoms with Gasteiger partial charge in [0.15, 0.2) is 5.16 Å². The average molecular weight is 278 g/mol. The molecule has 1 unspecified atom stereocenters. The second-order valence-electron chi connectivity index (χ2n) is 5.12. The maximum Gasteiger partial charge on any atom is 0.225 e. The van der Waals surface area contributed by atoms with Gasteiger partial charge in [0.2, 0.25) is 5.91 Å². The lowest BCUT2D eigenvalue weighted by Gasteiger charge is -2.17. The fourth-order valence-electron chi connectivity index (χ4n) is 2.34. The Morgan fingerprint density at radius 3 is 3.05 bits per heavy atom. The molecule has 102 valence electrons. The van der Waals surface area contributed by atoms with E-state index >= 15 is 0 Å². The van der Waals surface area contributed by atoms with Gasteiger partial charge in [0, 0.05) is 25.3 Å². The number of hydrogen-bond acceptors (Lipinski definition) is 5. The minimum absolute atomic E-state index is 0.105. The van der Waals surface area contributed by atoms with Crippen LogP contribution in [-0.2, 0) is 4.79 Å². The Bertz CT molecular complexity index is 477. The predicted octanol–water partition coefficient (Wildman–Crippen LogP) is 1.30. The van der Waals surface area contributed by atoms with Crippen molar-refractivity contribution in [1.29, 1.82) is 0 Å². The van der Waals surface area contributed by atoms with Crippen molar-refractivity contribution in [3.8, 4) is 0 Å². The van der Waals surface area contributed by atoms with Crippen LogP contribution in [-0.4, -0.2) is 41.3 Å². The van der Waals surface area contributed by atoms with Crippen LogP contribution >= 0.6 is 11.8 Å². The molecule has 1 aromatic heterocycles. The van der Waals surface area contributed by atoms with Gasteiger partial charge in [-0.25, -0.2) is 9.97 Å². The van der Waals surface area contributed by atoms with Gasteiger partial charge in [0.25, 0.3) is 0 Å². The second kappa shape index (κ2) is 5.36. The van der Waals surface area contributed by atoms with E-state index in [0.29, 0.717) is 6.04 Å². The normalized spacial score (nSPS) is 22.6. The molecule has 1 aliphatic carbocycles. The maximum atomic E-state index is 12.0. The van der Waals surface area contributed by atoms with Crippen LogP contribution in [0.1, 0.15) is 19.3 Å². The quantitative estimate of drug-likeness (QED) is 0.664. The summed E-state index contributed by atoms with van der Waals surface area (Å²) in [6.45, 7) is 1.66. The zero-order valence-corrected chi connectivity index (χ0v) is 11.8. The van der Waals surface area contributed by atoms with E-state index in [1.54, 1.807) is 6.20 Å². The van der Waals surface area contributed by atoms with E-state index in [4.69, 9.17) is 0 Å². The van der Waals surface area contributed by atoms with Gasteiger partial charge < -0.3 is 10.2 Å². The molecule has 19 heavy (non-hydrogen) atoms. The fourth-order valence-corrected chi connectivity index (χ4v) is 2.69. The molecule has 1 amide bonds. The molecule has 1 N–H and O–H groups in total. The average Bonchev–Trinajstić information content (AvgIpc) is 3.11. The van der Waals surface area contributed by atoms with Gasteiger partial charge in [-0.05, 0) is 31.6 Å². The Morgan fingerprint density at radius 2 is 2.32 bits per heavy atom. The first-order chi connectivity index (χ1) is 9.26. The SMILES string of the molecule is CSc1nccc(N2CCC(C(=O)NC3CC3)C2)n1. The Hall–Kier alpha value is -1.30. The molecule has 1 saturated heterocycles. The Morgan fingerprint density at radius 1 is 1.47 bits per heavy atom. The van der Waals surface area contributed by atoms with Crippen LogP contribution < -0.4 is 10.2 Å². The molecule has 1 saturated carbocycles. The number of thioether (sulfide) groups is 1. The first-order valence-electron chi connectivity index (χ1n) is 6.68. The third kappa shape index (κ3) is 3.00. The first kappa shape index (κ1) is 12.7. The summed E-state index contributed by atoms with van der Waals surface area (Å²) in [5, 5.41) is 3.87. The molecule has 2 fully saturated rings. The summed E-state index contributed by atoms with van der Waals surface area (Å²) < 4.78 is 0. The van der Waals surface area contributed by atoms with Crippen molar-refractivity contribution in [2.75, 3.05) is 24.2 Å². The van der Waals surface area contributed by atoms with E-state index in [-0.39, 0.29) is 11.8 Å². The number of carbonyl (C=O) groups excluding carboxylic acids is 1. The van der Waals surface area contributed by atoms with Crippen molar-refractivity contribution in [3.63, 3.8) is 0 Å². The molecule has 1 aliphatic heterocycles. The highest BCUT2D eigenvalue weighted by atomic mass is 32.2. The molecule has 2 aliphatic rings. The van der Waals surface area contributed by atoms with Crippen LogP contribution in [0.5, 0.6) is 0 Å². The molecule has 0 aromatic carbocycles. The molecule has 1 atom stereocenters. The van der Waals surface area contributed by atoms with E-state index in [1.165, 1.54) is 11.8 Å². The van der Waals surface area contributed by atoms with Crippen LogP contribution in [0, 0.1) is 5.92 Å². The number of nitrogens with one attached hydrogen (secondary N) is 1. The zero-order valence-electron chi connectivity index (χ0n) is 11.0. The number of rotatable bonds is 4. The zero-order chi connectivity index (χ0) is 13.2.